The predicted molar refractivity (Wildman–Crippen MR) is 310 cm³/mol. The first-order valence-electron chi connectivity index (χ1n) is 32.1. The van der Waals surface area contributed by atoms with Gasteiger partial charge in [0, 0.05) is 12.8 Å². The number of allylic oxidation sites excluding steroid dienone is 3. The van der Waals surface area contributed by atoms with Crippen LogP contribution < -0.4 is 5.32 Å². The fourth-order valence-corrected chi connectivity index (χ4v) is 10.0. The van der Waals surface area contributed by atoms with Gasteiger partial charge >= 0.3 is 5.97 Å². The Kier molecular flexibility index (Phi) is 59.5. The van der Waals surface area contributed by atoms with E-state index in [4.69, 9.17) is 4.74 Å². The smallest absolute Gasteiger partial charge is 0.305 e. The second-order valence-electron chi connectivity index (χ2n) is 22.1. The van der Waals surface area contributed by atoms with Crippen LogP contribution in [-0.4, -0.2) is 47.4 Å². The van der Waals surface area contributed by atoms with Gasteiger partial charge in [0.2, 0.25) is 5.91 Å². The summed E-state index contributed by atoms with van der Waals surface area (Å²) >= 11 is 0. The van der Waals surface area contributed by atoms with E-state index in [-0.39, 0.29) is 18.5 Å². The molecule has 0 aliphatic carbocycles. The highest BCUT2D eigenvalue weighted by Crippen LogP contribution is 2.18. The summed E-state index contributed by atoms with van der Waals surface area (Å²) in [5.41, 5.74) is 0. The number of ether oxygens (including phenoxy) is 1. The number of carbonyl (C=O) groups excluding carboxylic acids is 2. The van der Waals surface area contributed by atoms with Crippen molar-refractivity contribution in [2.45, 2.75) is 366 Å². The van der Waals surface area contributed by atoms with Gasteiger partial charge in [0.05, 0.1) is 25.4 Å². The molecule has 0 fully saturated rings. The third kappa shape index (κ3) is 57.5. The Bertz CT molecular complexity index is 1110. The van der Waals surface area contributed by atoms with Crippen LogP contribution >= 0.6 is 0 Å². The summed E-state index contributed by atoms with van der Waals surface area (Å²) in [6.07, 6.45) is 75.3. The molecule has 3 N–H and O–H groups in total. The summed E-state index contributed by atoms with van der Waals surface area (Å²) in [5, 5.41) is 23.0. The maximum Gasteiger partial charge on any atom is 0.305 e. The van der Waals surface area contributed by atoms with Crippen LogP contribution in [0.25, 0.3) is 0 Å². The number of unbranched alkanes of at least 4 members (excludes halogenated alkanes) is 47. The summed E-state index contributed by atoms with van der Waals surface area (Å²) in [7, 11) is 0. The van der Waals surface area contributed by atoms with Crippen molar-refractivity contribution in [3.05, 3.63) is 24.3 Å². The number of hydrogen-bond donors (Lipinski definition) is 3. The predicted octanol–water partition coefficient (Wildman–Crippen LogP) is 20.2. The molecule has 0 saturated carbocycles. The largest absolute Gasteiger partial charge is 0.466 e. The van der Waals surface area contributed by atoms with Gasteiger partial charge in [0.1, 0.15) is 0 Å². The lowest BCUT2D eigenvalue weighted by Crippen LogP contribution is -2.45. The van der Waals surface area contributed by atoms with Crippen molar-refractivity contribution < 1.29 is 24.5 Å². The molecule has 1 amide bonds. The van der Waals surface area contributed by atoms with Crippen molar-refractivity contribution in [3.8, 4) is 0 Å². The van der Waals surface area contributed by atoms with Gasteiger partial charge in [0.25, 0.3) is 0 Å². The minimum atomic E-state index is -0.842. The molecule has 0 aliphatic rings. The number of esters is 1. The lowest BCUT2D eigenvalue weighted by atomic mass is 10.0. The van der Waals surface area contributed by atoms with Crippen molar-refractivity contribution in [2.24, 2.45) is 0 Å². The van der Waals surface area contributed by atoms with Gasteiger partial charge in [-0.05, 0) is 57.8 Å². The Morgan fingerprint density at radius 1 is 0.380 bits per heavy atom. The van der Waals surface area contributed by atoms with E-state index in [2.05, 4.69) is 31.3 Å². The lowest BCUT2D eigenvalue weighted by Gasteiger charge is -2.20. The first kappa shape index (κ1) is 69.3. The Balaban J connectivity index is 3.36. The first-order chi connectivity index (χ1) is 35.0. The molecule has 0 aromatic rings. The number of carbonyl (C=O) groups is 2. The van der Waals surface area contributed by atoms with E-state index in [1.165, 1.54) is 289 Å². The third-order valence-corrected chi connectivity index (χ3v) is 15.0. The minimum absolute atomic E-state index is 0.0186. The van der Waals surface area contributed by atoms with Crippen LogP contribution in [0.1, 0.15) is 354 Å². The first-order valence-corrected chi connectivity index (χ1v) is 32.1. The molecule has 0 aromatic heterocycles. The fraction of sp³-hybridized carbons (Fsp3) is 0.908. The van der Waals surface area contributed by atoms with Gasteiger partial charge in [-0.1, -0.05) is 308 Å². The summed E-state index contributed by atoms with van der Waals surface area (Å²) in [6, 6.07) is -0.626. The molecule has 6 heteroatoms. The number of rotatable bonds is 60. The molecule has 2 unspecified atom stereocenters. The Morgan fingerprint density at radius 2 is 0.662 bits per heavy atom. The molecule has 0 aliphatic heterocycles. The molecular formula is C65H125NO5. The molecule has 0 aromatic carbocycles. The second kappa shape index (κ2) is 60.9. The normalized spacial score (nSPS) is 12.7. The van der Waals surface area contributed by atoms with Gasteiger partial charge < -0.3 is 20.3 Å². The zero-order valence-corrected chi connectivity index (χ0v) is 48.0. The molecule has 0 heterocycles. The highest BCUT2D eigenvalue weighted by molar-refractivity contribution is 5.76. The monoisotopic (exact) mass is 1000 g/mol. The van der Waals surface area contributed by atoms with Crippen LogP contribution in [0.4, 0.5) is 0 Å². The molecule has 0 spiro atoms. The molecule has 0 rings (SSSR count). The minimum Gasteiger partial charge on any atom is -0.466 e. The number of aliphatic hydroxyl groups excluding tert-OH is 2. The van der Waals surface area contributed by atoms with Gasteiger partial charge in [-0.25, -0.2) is 0 Å². The van der Waals surface area contributed by atoms with Crippen LogP contribution in [0.15, 0.2) is 24.3 Å². The van der Waals surface area contributed by atoms with E-state index in [1.54, 1.807) is 6.08 Å². The summed E-state index contributed by atoms with van der Waals surface area (Å²) in [4.78, 5) is 24.5. The number of aliphatic hydroxyl groups is 2. The molecule has 0 saturated heterocycles. The standard InChI is InChI=1S/C65H125NO5/c1-3-5-7-9-11-13-15-16-31-35-39-43-47-51-55-59-65(70)71-60-56-52-48-44-40-36-33-30-28-26-24-22-20-18-17-19-21-23-25-27-29-32-34-38-42-46-50-54-58-64(69)66-62(61-67)63(68)57-53-49-45-41-37-14-12-10-8-6-4-2/h17-18,53,57,62-63,67-68H,3-16,19-52,54-56,58-61H2,1-2H3,(H,66,69)/b18-17-,57-53+. The molecule has 6 nitrogen and oxygen atoms in total. The van der Waals surface area contributed by atoms with E-state index < -0.39 is 12.1 Å². The van der Waals surface area contributed by atoms with Gasteiger partial charge in [-0.3, -0.25) is 9.59 Å². The quantitative estimate of drug-likeness (QED) is 0.0320. The highest BCUT2D eigenvalue weighted by atomic mass is 16.5. The van der Waals surface area contributed by atoms with Crippen molar-refractivity contribution in [2.75, 3.05) is 13.2 Å². The van der Waals surface area contributed by atoms with E-state index in [0.717, 1.165) is 38.5 Å². The van der Waals surface area contributed by atoms with Crippen LogP contribution in [0.3, 0.4) is 0 Å². The zero-order chi connectivity index (χ0) is 51.4. The van der Waals surface area contributed by atoms with E-state index in [0.29, 0.717) is 19.4 Å². The summed E-state index contributed by atoms with van der Waals surface area (Å²) in [6.45, 7) is 4.91. The van der Waals surface area contributed by atoms with Crippen molar-refractivity contribution in [1.29, 1.82) is 0 Å². The molecule has 420 valence electrons. The Labute approximate surface area is 443 Å². The van der Waals surface area contributed by atoms with Crippen LogP contribution in [-0.2, 0) is 14.3 Å². The number of hydrogen-bond acceptors (Lipinski definition) is 5. The summed E-state index contributed by atoms with van der Waals surface area (Å²) in [5.74, 6) is -0.0494. The second-order valence-corrected chi connectivity index (χ2v) is 22.1. The van der Waals surface area contributed by atoms with Crippen LogP contribution in [0.5, 0.6) is 0 Å². The topological polar surface area (TPSA) is 95.9 Å². The van der Waals surface area contributed by atoms with Gasteiger partial charge in [-0.15, -0.1) is 0 Å². The fourth-order valence-electron chi connectivity index (χ4n) is 10.0. The number of nitrogens with one attached hydrogen (secondary N) is 1. The summed E-state index contributed by atoms with van der Waals surface area (Å²) < 4.78 is 5.49. The van der Waals surface area contributed by atoms with E-state index in [9.17, 15) is 19.8 Å². The third-order valence-electron chi connectivity index (χ3n) is 15.0. The van der Waals surface area contributed by atoms with Gasteiger partial charge in [-0.2, -0.15) is 0 Å². The number of amides is 1. The average molecular weight is 1000 g/mol. The SMILES string of the molecule is CCCCCCCCCCC/C=C/C(O)C(CO)NC(=O)CCCCCCCCCCCCCC/C=C\CCCCCCCCCCCCCCOC(=O)CCCCCCCCCCCCCCCCC. The highest BCUT2D eigenvalue weighted by Gasteiger charge is 2.18. The Morgan fingerprint density at radius 3 is 1.00 bits per heavy atom. The van der Waals surface area contributed by atoms with Crippen molar-refractivity contribution >= 4 is 11.9 Å². The zero-order valence-electron chi connectivity index (χ0n) is 48.0. The average Bonchev–Trinajstić information content (AvgIpc) is 3.37. The molecule has 0 bridgehead atoms. The Hall–Kier alpha value is -1.66. The molecule has 0 radical (unpaired) electrons. The van der Waals surface area contributed by atoms with E-state index >= 15 is 0 Å². The van der Waals surface area contributed by atoms with E-state index in [1.807, 2.05) is 6.08 Å². The molecular weight excluding hydrogens is 875 g/mol. The maximum atomic E-state index is 12.4. The van der Waals surface area contributed by atoms with Gasteiger partial charge in [0.15, 0.2) is 0 Å². The van der Waals surface area contributed by atoms with Crippen LogP contribution in [0.2, 0.25) is 0 Å². The van der Waals surface area contributed by atoms with Crippen molar-refractivity contribution in [1.82, 2.24) is 5.32 Å². The van der Waals surface area contributed by atoms with Crippen LogP contribution in [0, 0.1) is 0 Å². The van der Waals surface area contributed by atoms with Crippen molar-refractivity contribution in [3.63, 3.8) is 0 Å². The molecule has 2 atom stereocenters. The molecule has 71 heavy (non-hydrogen) atoms. The maximum absolute atomic E-state index is 12.4. The lowest BCUT2D eigenvalue weighted by molar-refractivity contribution is -0.143.